The van der Waals surface area contributed by atoms with Gasteiger partial charge in [0, 0.05) is 5.33 Å². The van der Waals surface area contributed by atoms with Gasteiger partial charge < -0.3 is 9.47 Å². The third kappa shape index (κ3) is 7.91. The molecule has 54 valence electrons. The molecular formula is C5H9BrO3. The van der Waals surface area contributed by atoms with Crippen molar-refractivity contribution in [1.29, 1.82) is 0 Å². The van der Waals surface area contributed by atoms with Gasteiger partial charge in [-0.2, -0.15) is 0 Å². The number of halogens is 1. The first-order valence-corrected chi connectivity index (χ1v) is 3.73. The molecule has 0 aromatic carbocycles. The Kier molecular flexibility index (Phi) is 7.83. The molecule has 0 amide bonds. The van der Waals surface area contributed by atoms with Gasteiger partial charge in [0.1, 0.15) is 6.61 Å². The van der Waals surface area contributed by atoms with Gasteiger partial charge >= 0.3 is 0 Å². The average Bonchev–Trinajstić information content (AvgIpc) is 1.89. The third-order valence-corrected chi connectivity index (χ3v) is 0.959. The van der Waals surface area contributed by atoms with Gasteiger partial charge in [-0.3, -0.25) is 4.79 Å². The van der Waals surface area contributed by atoms with Crippen molar-refractivity contribution in [1.82, 2.24) is 0 Å². The SMILES string of the molecule is O=COCCOCCBr. The minimum Gasteiger partial charge on any atom is -0.465 e. The summed E-state index contributed by atoms with van der Waals surface area (Å²) in [6, 6.07) is 0. The van der Waals surface area contributed by atoms with Crippen molar-refractivity contribution in [3.05, 3.63) is 0 Å². The molecule has 0 saturated heterocycles. The van der Waals surface area contributed by atoms with Gasteiger partial charge in [-0.15, -0.1) is 0 Å². The summed E-state index contributed by atoms with van der Waals surface area (Å²) in [5.41, 5.74) is 0. The Balaban J connectivity index is 2.66. The molecule has 0 N–H and O–H groups in total. The minimum absolute atomic E-state index is 0.344. The second kappa shape index (κ2) is 7.91. The van der Waals surface area contributed by atoms with Crippen LogP contribution in [0.25, 0.3) is 0 Å². The van der Waals surface area contributed by atoms with Gasteiger partial charge in [0.25, 0.3) is 6.47 Å². The predicted octanol–water partition coefficient (Wildman–Crippen LogP) is 0.571. The molecule has 0 rings (SSSR count). The minimum atomic E-state index is 0.344. The maximum Gasteiger partial charge on any atom is 0.293 e. The van der Waals surface area contributed by atoms with E-state index < -0.39 is 0 Å². The van der Waals surface area contributed by atoms with E-state index in [0.717, 1.165) is 5.33 Å². The first kappa shape index (κ1) is 8.91. The van der Waals surface area contributed by atoms with E-state index in [1.165, 1.54) is 0 Å². The van der Waals surface area contributed by atoms with Crippen LogP contribution in [0.1, 0.15) is 0 Å². The number of alkyl halides is 1. The van der Waals surface area contributed by atoms with E-state index in [9.17, 15) is 4.79 Å². The lowest BCUT2D eigenvalue weighted by Crippen LogP contribution is -2.04. The molecule has 0 heterocycles. The Morgan fingerprint density at radius 2 is 2.11 bits per heavy atom. The molecular weight excluding hydrogens is 188 g/mol. The second-order valence-corrected chi connectivity index (χ2v) is 2.06. The van der Waals surface area contributed by atoms with Crippen molar-refractivity contribution in [3.8, 4) is 0 Å². The van der Waals surface area contributed by atoms with Gasteiger partial charge in [-0.1, -0.05) is 15.9 Å². The zero-order valence-corrected chi connectivity index (χ0v) is 6.59. The summed E-state index contributed by atoms with van der Waals surface area (Å²) in [7, 11) is 0. The van der Waals surface area contributed by atoms with Crippen LogP contribution in [-0.4, -0.2) is 31.6 Å². The van der Waals surface area contributed by atoms with E-state index in [0.29, 0.717) is 26.3 Å². The van der Waals surface area contributed by atoms with E-state index in [4.69, 9.17) is 4.74 Å². The molecule has 0 atom stereocenters. The van der Waals surface area contributed by atoms with Gasteiger partial charge in [-0.05, 0) is 0 Å². The lowest BCUT2D eigenvalue weighted by molar-refractivity contribution is -0.130. The van der Waals surface area contributed by atoms with Crippen molar-refractivity contribution < 1.29 is 14.3 Å². The quantitative estimate of drug-likeness (QED) is 0.354. The maximum absolute atomic E-state index is 9.55. The van der Waals surface area contributed by atoms with Crippen molar-refractivity contribution in [2.45, 2.75) is 0 Å². The van der Waals surface area contributed by atoms with Crippen molar-refractivity contribution in [2.24, 2.45) is 0 Å². The van der Waals surface area contributed by atoms with Crippen LogP contribution in [0.3, 0.4) is 0 Å². The average molecular weight is 197 g/mol. The molecule has 0 saturated carbocycles. The normalized spacial score (nSPS) is 9.00. The molecule has 0 aromatic heterocycles. The summed E-state index contributed by atoms with van der Waals surface area (Å²) in [4.78, 5) is 9.55. The number of rotatable bonds is 6. The fourth-order valence-corrected chi connectivity index (χ4v) is 0.541. The third-order valence-electron chi connectivity index (χ3n) is 0.635. The monoisotopic (exact) mass is 196 g/mol. The highest BCUT2D eigenvalue weighted by Crippen LogP contribution is 1.81. The topological polar surface area (TPSA) is 35.5 Å². The Bertz CT molecular complexity index is 67.2. The van der Waals surface area contributed by atoms with Crippen LogP contribution >= 0.6 is 15.9 Å². The smallest absolute Gasteiger partial charge is 0.293 e. The van der Waals surface area contributed by atoms with Gasteiger partial charge in [0.05, 0.1) is 13.2 Å². The van der Waals surface area contributed by atoms with Crippen LogP contribution in [0.15, 0.2) is 0 Å². The molecule has 3 nitrogen and oxygen atoms in total. The Hall–Kier alpha value is -0.0900. The summed E-state index contributed by atoms with van der Waals surface area (Å²) in [6.45, 7) is 1.89. The fraction of sp³-hybridized carbons (Fsp3) is 0.800. The number of carbonyl (C=O) groups is 1. The Labute approximate surface area is 62.5 Å². The number of carbonyl (C=O) groups excluding carboxylic acids is 1. The van der Waals surface area contributed by atoms with Crippen molar-refractivity contribution in [2.75, 3.05) is 25.2 Å². The zero-order chi connectivity index (χ0) is 6.95. The molecule has 9 heavy (non-hydrogen) atoms. The highest BCUT2D eigenvalue weighted by molar-refractivity contribution is 9.09. The second-order valence-electron chi connectivity index (χ2n) is 1.27. The number of hydrogen-bond donors (Lipinski definition) is 0. The van der Waals surface area contributed by atoms with E-state index in [2.05, 4.69) is 20.7 Å². The number of ether oxygens (including phenoxy) is 2. The molecule has 0 radical (unpaired) electrons. The van der Waals surface area contributed by atoms with Crippen LogP contribution in [0.5, 0.6) is 0 Å². The summed E-state index contributed by atoms with van der Waals surface area (Å²) < 4.78 is 9.31. The first-order valence-electron chi connectivity index (χ1n) is 2.60. The summed E-state index contributed by atoms with van der Waals surface area (Å²) in [6.07, 6.45) is 0. The Morgan fingerprint density at radius 3 is 2.67 bits per heavy atom. The van der Waals surface area contributed by atoms with E-state index >= 15 is 0 Å². The first-order chi connectivity index (χ1) is 4.41. The molecule has 0 unspecified atom stereocenters. The standard InChI is InChI=1S/C5H9BrO3/c6-1-2-8-3-4-9-5-7/h5H,1-4H2. The van der Waals surface area contributed by atoms with Crippen LogP contribution < -0.4 is 0 Å². The molecule has 0 aromatic rings. The van der Waals surface area contributed by atoms with Crippen molar-refractivity contribution >= 4 is 22.4 Å². The summed E-state index contributed by atoms with van der Waals surface area (Å²) in [5, 5.41) is 0.814. The van der Waals surface area contributed by atoms with Gasteiger partial charge in [0.2, 0.25) is 0 Å². The van der Waals surface area contributed by atoms with Crippen molar-refractivity contribution in [3.63, 3.8) is 0 Å². The zero-order valence-electron chi connectivity index (χ0n) is 5.01. The Morgan fingerprint density at radius 1 is 1.33 bits per heavy atom. The lowest BCUT2D eigenvalue weighted by atomic mass is 10.7. The van der Waals surface area contributed by atoms with E-state index in [-0.39, 0.29) is 0 Å². The predicted molar refractivity (Wildman–Crippen MR) is 36.6 cm³/mol. The molecule has 0 spiro atoms. The highest BCUT2D eigenvalue weighted by atomic mass is 79.9. The molecule has 0 aliphatic carbocycles. The molecule has 0 aliphatic rings. The van der Waals surface area contributed by atoms with Gasteiger partial charge in [0.15, 0.2) is 0 Å². The lowest BCUT2D eigenvalue weighted by Gasteiger charge is -1.98. The van der Waals surface area contributed by atoms with Crippen LogP contribution in [-0.2, 0) is 14.3 Å². The number of hydrogen-bond acceptors (Lipinski definition) is 3. The maximum atomic E-state index is 9.55. The van der Waals surface area contributed by atoms with Gasteiger partial charge in [-0.25, -0.2) is 0 Å². The molecule has 4 heteroatoms. The van der Waals surface area contributed by atoms with Crippen LogP contribution in [0.4, 0.5) is 0 Å². The summed E-state index contributed by atoms with van der Waals surface area (Å²) in [5.74, 6) is 0. The largest absolute Gasteiger partial charge is 0.465 e. The van der Waals surface area contributed by atoms with E-state index in [1.54, 1.807) is 0 Å². The highest BCUT2D eigenvalue weighted by Gasteiger charge is 1.84. The van der Waals surface area contributed by atoms with E-state index in [1.807, 2.05) is 0 Å². The molecule has 0 bridgehead atoms. The summed E-state index contributed by atoms with van der Waals surface area (Å²) >= 11 is 3.18. The van der Waals surface area contributed by atoms with Crippen LogP contribution in [0, 0.1) is 0 Å². The van der Waals surface area contributed by atoms with Crippen LogP contribution in [0.2, 0.25) is 0 Å². The molecule has 0 fully saturated rings. The molecule has 0 aliphatic heterocycles. The fourth-order valence-electron chi connectivity index (χ4n) is 0.312.